The standard InChI is InChI=1S/C21H24N6O5/c1-12(2)31-21(30)27-11-17(23-13(27)3)25-18(28)8-9-22-20(29)16-7-5-6-15(10-16)19-24-14(4)32-26-19/h5-7,10-12H,8-9H2,1-4H3,(H,22,29)(H,25,28). The van der Waals surface area contributed by atoms with Crippen molar-refractivity contribution in [1.82, 2.24) is 25.0 Å². The summed E-state index contributed by atoms with van der Waals surface area (Å²) in [6, 6.07) is 6.78. The van der Waals surface area contributed by atoms with Gasteiger partial charge < -0.3 is 19.9 Å². The first kappa shape index (κ1) is 22.7. The zero-order chi connectivity index (χ0) is 23.3. The van der Waals surface area contributed by atoms with Crippen LogP contribution in [0.25, 0.3) is 11.4 Å². The monoisotopic (exact) mass is 440 g/mol. The van der Waals surface area contributed by atoms with Crippen molar-refractivity contribution in [3.8, 4) is 11.4 Å². The number of ether oxygens (including phenoxy) is 1. The molecule has 3 rings (SSSR count). The summed E-state index contributed by atoms with van der Waals surface area (Å²) >= 11 is 0. The van der Waals surface area contributed by atoms with Crippen LogP contribution in [0.15, 0.2) is 35.0 Å². The van der Waals surface area contributed by atoms with Gasteiger partial charge in [-0.05, 0) is 32.9 Å². The lowest BCUT2D eigenvalue weighted by Gasteiger charge is -2.08. The molecule has 0 radical (unpaired) electrons. The quantitative estimate of drug-likeness (QED) is 0.571. The molecule has 0 bridgehead atoms. The van der Waals surface area contributed by atoms with Crippen molar-refractivity contribution in [2.45, 2.75) is 40.2 Å². The van der Waals surface area contributed by atoms with Crippen molar-refractivity contribution in [1.29, 1.82) is 0 Å². The topological polar surface area (TPSA) is 141 Å². The van der Waals surface area contributed by atoms with Gasteiger partial charge in [0.15, 0.2) is 5.82 Å². The number of hydrogen-bond acceptors (Lipinski definition) is 8. The highest BCUT2D eigenvalue weighted by Gasteiger charge is 2.15. The minimum absolute atomic E-state index is 0.0256. The van der Waals surface area contributed by atoms with E-state index in [1.807, 2.05) is 0 Å². The number of benzene rings is 1. The number of imidazole rings is 1. The summed E-state index contributed by atoms with van der Waals surface area (Å²) in [5.74, 6) is 0.736. The predicted molar refractivity (Wildman–Crippen MR) is 114 cm³/mol. The molecule has 11 heteroatoms. The third kappa shape index (κ3) is 5.78. The van der Waals surface area contributed by atoms with E-state index in [1.54, 1.807) is 52.0 Å². The first-order valence-electron chi connectivity index (χ1n) is 9.98. The molecule has 2 amide bonds. The van der Waals surface area contributed by atoms with Gasteiger partial charge >= 0.3 is 6.09 Å². The Morgan fingerprint density at radius 1 is 1.19 bits per heavy atom. The van der Waals surface area contributed by atoms with Crippen molar-refractivity contribution >= 4 is 23.7 Å². The summed E-state index contributed by atoms with van der Waals surface area (Å²) < 4.78 is 11.3. The van der Waals surface area contributed by atoms with E-state index < -0.39 is 6.09 Å². The van der Waals surface area contributed by atoms with Gasteiger partial charge in [0.2, 0.25) is 17.6 Å². The largest absolute Gasteiger partial charge is 0.446 e. The van der Waals surface area contributed by atoms with Crippen LogP contribution in [-0.4, -0.2) is 50.2 Å². The molecular weight excluding hydrogens is 416 g/mol. The molecule has 3 aromatic rings. The first-order valence-corrected chi connectivity index (χ1v) is 9.98. The van der Waals surface area contributed by atoms with E-state index in [9.17, 15) is 14.4 Å². The molecule has 0 aliphatic carbocycles. The van der Waals surface area contributed by atoms with E-state index in [0.717, 1.165) is 0 Å². The fourth-order valence-electron chi connectivity index (χ4n) is 2.79. The highest BCUT2D eigenvalue weighted by atomic mass is 16.6. The van der Waals surface area contributed by atoms with Gasteiger partial charge in [-0.15, -0.1) is 0 Å². The van der Waals surface area contributed by atoms with Crippen LogP contribution < -0.4 is 10.6 Å². The maximum absolute atomic E-state index is 12.4. The van der Waals surface area contributed by atoms with Crippen molar-refractivity contribution in [3.05, 3.63) is 47.7 Å². The Morgan fingerprint density at radius 3 is 2.66 bits per heavy atom. The molecule has 0 fully saturated rings. The zero-order valence-corrected chi connectivity index (χ0v) is 18.2. The van der Waals surface area contributed by atoms with E-state index in [0.29, 0.717) is 28.7 Å². The number of nitrogens with zero attached hydrogens (tertiary/aromatic N) is 4. The molecule has 2 heterocycles. The van der Waals surface area contributed by atoms with E-state index in [4.69, 9.17) is 9.26 Å². The molecule has 0 unspecified atom stereocenters. The van der Waals surface area contributed by atoms with Gasteiger partial charge in [-0.2, -0.15) is 4.98 Å². The number of anilines is 1. The maximum Gasteiger partial charge on any atom is 0.419 e. The van der Waals surface area contributed by atoms with Gasteiger partial charge in [-0.25, -0.2) is 14.3 Å². The molecule has 0 spiro atoms. The SMILES string of the molecule is Cc1nc(-c2cccc(C(=O)NCCC(=O)Nc3cn(C(=O)OC(C)C)c(C)n3)c2)no1. The Hall–Kier alpha value is -4.02. The summed E-state index contributed by atoms with van der Waals surface area (Å²) in [7, 11) is 0. The van der Waals surface area contributed by atoms with Crippen molar-refractivity contribution in [3.63, 3.8) is 0 Å². The number of nitrogens with one attached hydrogen (secondary N) is 2. The fraction of sp³-hybridized carbons (Fsp3) is 0.333. The average molecular weight is 440 g/mol. The molecule has 32 heavy (non-hydrogen) atoms. The molecule has 11 nitrogen and oxygen atoms in total. The van der Waals surface area contributed by atoms with E-state index in [2.05, 4.69) is 25.8 Å². The fourth-order valence-corrected chi connectivity index (χ4v) is 2.79. The molecular formula is C21H24N6O5. The molecule has 0 atom stereocenters. The Morgan fingerprint density at radius 2 is 1.97 bits per heavy atom. The molecule has 0 aliphatic heterocycles. The molecule has 1 aromatic carbocycles. The Kier molecular flexibility index (Phi) is 6.98. The maximum atomic E-state index is 12.4. The molecule has 168 valence electrons. The third-order valence-corrected chi connectivity index (χ3v) is 4.23. The summed E-state index contributed by atoms with van der Waals surface area (Å²) in [5.41, 5.74) is 1.05. The highest BCUT2D eigenvalue weighted by molar-refractivity contribution is 5.96. The van der Waals surface area contributed by atoms with Gasteiger partial charge in [0, 0.05) is 31.0 Å². The van der Waals surface area contributed by atoms with Gasteiger partial charge in [-0.1, -0.05) is 17.3 Å². The summed E-state index contributed by atoms with van der Waals surface area (Å²) in [4.78, 5) is 44.9. The van der Waals surface area contributed by atoms with E-state index in [1.165, 1.54) is 10.8 Å². The Labute approximate surface area is 184 Å². The number of aryl methyl sites for hydroxylation is 2. The summed E-state index contributed by atoms with van der Waals surface area (Å²) in [6.07, 6.45) is 0.568. The van der Waals surface area contributed by atoms with Gasteiger partial charge in [0.05, 0.1) is 12.3 Å². The number of rotatable bonds is 7. The van der Waals surface area contributed by atoms with Crippen molar-refractivity contribution in [2.75, 3.05) is 11.9 Å². The van der Waals surface area contributed by atoms with Crippen LogP contribution >= 0.6 is 0 Å². The van der Waals surface area contributed by atoms with E-state index in [-0.39, 0.29) is 36.7 Å². The van der Waals surface area contributed by atoms with Crippen molar-refractivity contribution in [2.24, 2.45) is 0 Å². The second-order valence-electron chi connectivity index (χ2n) is 7.25. The molecule has 2 aromatic heterocycles. The lowest BCUT2D eigenvalue weighted by Crippen LogP contribution is -2.27. The van der Waals surface area contributed by atoms with Crippen LogP contribution in [0.3, 0.4) is 0 Å². The molecule has 0 aliphatic rings. The second-order valence-corrected chi connectivity index (χ2v) is 7.25. The minimum atomic E-state index is -0.573. The van der Waals surface area contributed by atoms with Gasteiger partial charge in [0.1, 0.15) is 5.82 Å². The molecule has 0 saturated heterocycles. The molecule has 2 N–H and O–H groups in total. The smallest absolute Gasteiger partial charge is 0.419 e. The van der Waals surface area contributed by atoms with Crippen LogP contribution in [-0.2, 0) is 9.53 Å². The van der Waals surface area contributed by atoms with E-state index >= 15 is 0 Å². The first-order chi connectivity index (χ1) is 15.2. The third-order valence-electron chi connectivity index (χ3n) is 4.23. The number of carbonyl (C=O) groups is 3. The lowest BCUT2D eigenvalue weighted by atomic mass is 10.1. The lowest BCUT2D eigenvalue weighted by molar-refractivity contribution is -0.116. The zero-order valence-electron chi connectivity index (χ0n) is 18.2. The van der Waals surface area contributed by atoms with Crippen molar-refractivity contribution < 1.29 is 23.6 Å². The number of amides is 2. The van der Waals surface area contributed by atoms with Crippen LogP contribution in [0.1, 0.15) is 42.3 Å². The number of hydrogen-bond donors (Lipinski definition) is 2. The number of carbonyl (C=O) groups excluding carboxylic acids is 3. The summed E-state index contributed by atoms with van der Waals surface area (Å²) in [5, 5.41) is 9.13. The highest BCUT2D eigenvalue weighted by Crippen LogP contribution is 2.17. The Bertz CT molecular complexity index is 1130. The number of aromatic nitrogens is 4. The second kappa shape index (κ2) is 9.86. The predicted octanol–water partition coefficient (Wildman–Crippen LogP) is 2.70. The Balaban J connectivity index is 1.51. The van der Waals surface area contributed by atoms with Gasteiger partial charge in [-0.3, -0.25) is 9.59 Å². The minimum Gasteiger partial charge on any atom is -0.446 e. The van der Waals surface area contributed by atoms with Crippen LogP contribution in [0, 0.1) is 13.8 Å². The molecule has 0 saturated carbocycles. The average Bonchev–Trinajstić information content (AvgIpc) is 3.33. The van der Waals surface area contributed by atoms with Crippen LogP contribution in [0.4, 0.5) is 10.6 Å². The van der Waals surface area contributed by atoms with Crippen LogP contribution in [0.5, 0.6) is 0 Å². The normalized spacial score (nSPS) is 10.8. The van der Waals surface area contributed by atoms with Crippen LogP contribution in [0.2, 0.25) is 0 Å². The summed E-state index contributed by atoms with van der Waals surface area (Å²) in [6.45, 7) is 6.90. The van der Waals surface area contributed by atoms with Gasteiger partial charge in [0.25, 0.3) is 5.91 Å².